The zero-order valence-corrected chi connectivity index (χ0v) is 9.28. The molecule has 2 aliphatic carbocycles. The third-order valence-electron chi connectivity index (χ3n) is 4.43. The summed E-state index contributed by atoms with van der Waals surface area (Å²) in [6.45, 7) is 2.89. The number of amides is 1. The van der Waals surface area contributed by atoms with E-state index >= 15 is 0 Å². The van der Waals surface area contributed by atoms with Gasteiger partial charge in [0.2, 0.25) is 5.91 Å². The number of likely N-dealkylation sites (tertiary alicyclic amines) is 1. The molecule has 84 valence electrons. The van der Waals surface area contributed by atoms with Gasteiger partial charge in [0.15, 0.2) is 0 Å². The maximum atomic E-state index is 12.1. The first-order valence-electron chi connectivity index (χ1n) is 6.06. The zero-order chi connectivity index (χ0) is 10.6. The lowest BCUT2D eigenvalue weighted by Crippen LogP contribution is -2.63. The van der Waals surface area contributed by atoms with Gasteiger partial charge in [-0.05, 0) is 38.0 Å². The Morgan fingerprint density at radius 3 is 2.53 bits per heavy atom. The number of carbonyl (C=O) groups excluding carboxylic acids is 1. The fourth-order valence-corrected chi connectivity index (χ4v) is 3.71. The molecule has 1 heterocycles. The number of hydrogen-bond donors (Lipinski definition) is 1. The molecule has 1 amide bonds. The van der Waals surface area contributed by atoms with Crippen LogP contribution < -0.4 is 0 Å². The summed E-state index contributed by atoms with van der Waals surface area (Å²) in [5.41, 5.74) is -0.618. The van der Waals surface area contributed by atoms with E-state index in [0.29, 0.717) is 30.8 Å². The van der Waals surface area contributed by atoms with Crippen LogP contribution in [0, 0.1) is 17.8 Å². The molecule has 2 saturated carbocycles. The number of rotatable bonds is 1. The normalized spacial score (nSPS) is 41.7. The molecule has 3 atom stereocenters. The van der Waals surface area contributed by atoms with Crippen molar-refractivity contribution in [3.05, 3.63) is 0 Å². The molecule has 0 spiro atoms. The van der Waals surface area contributed by atoms with Gasteiger partial charge in [0.05, 0.1) is 18.7 Å². The predicted octanol–water partition coefficient (Wildman–Crippen LogP) is 1.02. The number of β-amino-alcohol motifs (C(OH)–C–C–N with tert-alkyl or cyclic N) is 1. The van der Waals surface area contributed by atoms with E-state index in [4.69, 9.17) is 0 Å². The Labute approximate surface area is 90.5 Å². The predicted molar refractivity (Wildman–Crippen MR) is 56.1 cm³/mol. The average Bonchev–Trinajstić information content (AvgIpc) is 2.73. The van der Waals surface area contributed by atoms with Crippen LogP contribution in [0.5, 0.6) is 0 Å². The lowest BCUT2D eigenvalue weighted by atomic mass is 9.85. The van der Waals surface area contributed by atoms with Crippen LogP contribution >= 0.6 is 0 Å². The van der Waals surface area contributed by atoms with E-state index in [9.17, 15) is 9.90 Å². The number of nitrogens with zero attached hydrogens (tertiary/aromatic N) is 1. The molecule has 3 fully saturated rings. The van der Waals surface area contributed by atoms with Gasteiger partial charge in [-0.25, -0.2) is 0 Å². The van der Waals surface area contributed by atoms with Gasteiger partial charge in [-0.1, -0.05) is 6.42 Å². The molecular weight excluding hydrogens is 190 g/mol. The SMILES string of the molecule is CC1(O)CN(C(=O)C2CC3CCC2C3)C1. The zero-order valence-electron chi connectivity index (χ0n) is 9.28. The van der Waals surface area contributed by atoms with Crippen LogP contribution in [0.4, 0.5) is 0 Å². The minimum atomic E-state index is -0.618. The third-order valence-corrected chi connectivity index (χ3v) is 4.43. The third kappa shape index (κ3) is 1.48. The standard InChI is InChI=1S/C12H19NO2/c1-12(15)6-13(7-12)11(14)10-5-8-2-3-9(10)4-8/h8-10,15H,2-7H2,1H3. The van der Waals surface area contributed by atoms with Crippen LogP contribution in [0.15, 0.2) is 0 Å². The van der Waals surface area contributed by atoms with Gasteiger partial charge in [-0.3, -0.25) is 4.79 Å². The highest BCUT2D eigenvalue weighted by Crippen LogP contribution is 2.49. The number of hydrogen-bond acceptors (Lipinski definition) is 2. The molecule has 1 N–H and O–H groups in total. The van der Waals surface area contributed by atoms with Crippen molar-refractivity contribution in [2.24, 2.45) is 17.8 Å². The highest BCUT2D eigenvalue weighted by atomic mass is 16.3. The maximum Gasteiger partial charge on any atom is 0.226 e. The molecule has 3 heteroatoms. The van der Waals surface area contributed by atoms with Crippen LogP contribution in [0.1, 0.15) is 32.6 Å². The molecule has 3 aliphatic rings. The molecule has 15 heavy (non-hydrogen) atoms. The Kier molecular flexibility index (Phi) is 1.91. The van der Waals surface area contributed by atoms with Crippen LogP contribution in [-0.4, -0.2) is 34.6 Å². The van der Waals surface area contributed by atoms with E-state index in [-0.39, 0.29) is 0 Å². The molecule has 3 rings (SSSR count). The number of fused-ring (bicyclic) bond motifs is 2. The Balaban J connectivity index is 1.62. The van der Waals surface area contributed by atoms with Crippen molar-refractivity contribution in [1.82, 2.24) is 4.90 Å². The molecule has 0 aromatic carbocycles. The van der Waals surface area contributed by atoms with Gasteiger partial charge in [0, 0.05) is 5.92 Å². The fraction of sp³-hybridized carbons (Fsp3) is 0.917. The molecule has 1 saturated heterocycles. The summed E-state index contributed by atoms with van der Waals surface area (Å²) in [5, 5.41) is 9.61. The van der Waals surface area contributed by atoms with Crippen molar-refractivity contribution in [3.63, 3.8) is 0 Å². The highest BCUT2D eigenvalue weighted by molar-refractivity contribution is 5.80. The molecule has 0 aromatic heterocycles. The Bertz CT molecular complexity index is 292. The molecule has 3 nitrogen and oxygen atoms in total. The topological polar surface area (TPSA) is 40.5 Å². The van der Waals surface area contributed by atoms with Crippen LogP contribution in [0.2, 0.25) is 0 Å². The van der Waals surface area contributed by atoms with Crippen molar-refractivity contribution in [2.75, 3.05) is 13.1 Å². The van der Waals surface area contributed by atoms with Crippen molar-refractivity contribution in [1.29, 1.82) is 0 Å². The van der Waals surface area contributed by atoms with E-state index in [1.54, 1.807) is 6.92 Å². The second-order valence-electron chi connectivity index (χ2n) is 5.97. The van der Waals surface area contributed by atoms with Gasteiger partial charge >= 0.3 is 0 Å². The van der Waals surface area contributed by atoms with Crippen molar-refractivity contribution in [2.45, 2.75) is 38.2 Å². The quantitative estimate of drug-likeness (QED) is 0.700. The minimum Gasteiger partial charge on any atom is -0.386 e. The van der Waals surface area contributed by atoms with E-state index < -0.39 is 5.60 Å². The smallest absolute Gasteiger partial charge is 0.226 e. The van der Waals surface area contributed by atoms with Crippen molar-refractivity contribution in [3.8, 4) is 0 Å². The lowest BCUT2D eigenvalue weighted by molar-refractivity contribution is -0.158. The van der Waals surface area contributed by atoms with Crippen LogP contribution in [0.25, 0.3) is 0 Å². The fourth-order valence-electron chi connectivity index (χ4n) is 3.71. The van der Waals surface area contributed by atoms with Crippen molar-refractivity contribution >= 4 is 5.91 Å². The first-order valence-corrected chi connectivity index (χ1v) is 6.06. The molecule has 0 aromatic rings. The minimum absolute atomic E-state index is 0.292. The summed E-state index contributed by atoms with van der Waals surface area (Å²) >= 11 is 0. The van der Waals surface area contributed by atoms with Gasteiger partial charge < -0.3 is 10.0 Å². The molecule has 3 unspecified atom stereocenters. The summed E-state index contributed by atoms with van der Waals surface area (Å²) < 4.78 is 0. The second-order valence-corrected chi connectivity index (χ2v) is 5.97. The second kappa shape index (κ2) is 2.97. The number of aliphatic hydroxyl groups is 1. The molecule has 0 radical (unpaired) electrons. The first-order chi connectivity index (χ1) is 7.05. The monoisotopic (exact) mass is 209 g/mol. The average molecular weight is 209 g/mol. The highest BCUT2D eigenvalue weighted by Gasteiger charge is 2.48. The van der Waals surface area contributed by atoms with E-state index in [1.807, 2.05) is 4.90 Å². The first kappa shape index (κ1) is 9.64. The summed E-state index contributed by atoms with van der Waals surface area (Å²) in [6.07, 6.45) is 4.99. The lowest BCUT2D eigenvalue weighted by Gasteiger charge is -2.46. The Hall–Kier alpha value is -0.570. The maximum absolute atomic E-state index is 12.1. The van der Waals surface area contributed by atoms with Gasteiger partial charge in [-0.15, -0.1) is 0 Å². The van der Waals surface area contributed by atoms with Crippen molar-refractivity contribution < 1.29 is 9.90 Å². The molecular formula is C12H19NO2. The largest absolute Gasteiger partial charge is 0.386 e. The van der Waals surface area contributed by atoms with Crippen LogP contribution in [0.3, 0.4) is 0 Å². The molecule has 1 aliphatic heterocycles. The number of carbonyl (C=O) groups is 1. The van der Waals surface area contributed by atoms with Gasteiger partial charge in [0.25, 0.3) is 0 Å². The molecule has 2 bridgehead atoms. The van der Waals surface area contributed by atoms with E-state index in [2.05, 4.69) is 0 Å². The van der Waals surface area contributed by atoms with Crippen LogP contribution in [-0.2, 0) is 4.79 Å². The summed E-state index contributed by atoms with van der Waals surface area (Å²) in [5.74, 6) is 2.09. The summed E-state index contributed by atoms with van der Waals surface area (Å²) in [6, 6.07) is 0. The van der Waals surface area contributed by atoms with Gasteiger partial charge in [-0.2, -0.15) is 0 Å². The van der Waals surface area contributed by atoms with E-state index in [0.717, 1.165) is 12.3 Å². The Morgan fingerprint density at radius 2 is 2.07 bits per heavy atom. The summed E-state index contributed by atoms with van der Waals surface area (Å²) in [7, 11) is 0. The summed E-state index contributed by atoms with van der Waals surface area (Å²) in [4.78, 5) is 14.0. The Morgan fingerprint density at radius 1 is 1.33 bits per heavy atom. The van der Waals surface area contributed by atoms with Gasteiger partial charge in [0.1, 0.15) is 0 Å². The van der Waals surface area contributed by atoms with E-state index in [1.165, 1.54) is 19.3 Å².